The lowest BCUT2D eigenvalue weighted by atomic mass is 10.0. The van der Waals surface area contributed by atoms with Gasteiger partial charge in [-0.05, 0) is 67.6 Å². The van der Waals surface area contributed by atoms with Crippen molar-refractivity contribution in [2.75, 3.05) is 13.2 Å². The first-order valence-corrected chi connectivity index (χ1v) is 13.9. The Morgan fingerprint density at radius 1 is 1.20 bits per heavy atom. The van der Waals surface area contributed by atoms with E-state index in [-0.39, 0.29) is 23.1 Å². The highest BCUT2D eigenvalue weighted by atomic mass is 35.5. The Labute approximate surface area is 240 Å². The van der Waals surface area contributed by atoms with Crippen LogP contribution in [-0.2, 0) is 11.2 Å². The number of halogens is 2. The molecule has 0 aliphatic carbocycles. The standard InChI is InChI=1S/C29H30ClFN8O2/c1-16(32)3-2-4-17-9-21(27(31)22(30)10-17)23-11-19-13-39(29(40)36-28(19)35-23)20-7-5-18(6-8-20)25-14-41-15-26(34-25)24-12-33-38-37-24/h5-13,16,25-26,34H,2-4,14-15,32H2,1H3,(H,33,37,38)(H,35,36,40)/t16-,25+,26-/m0/s1. The summed E-state index contributed by atoms with van der Waals surface area (Å²) in [5.74, 6) is -0.522. The molecule has 3 atom stereocenters. The summed E-state index contributed by atoms with van der Waals surface area (Å²) >= 11 is 6.24. The van der Waals surface area contributed by atoms with Gasteiger partial charge in [-0.1, -0.05) is 23.7 Å². The van der Waals surface area contributed by atoms with Gasteiger partial charge in [-0.2, -0.15) is 20.4 Å². The fraction of sp³-hybridized carbons (Fsp3) is 0.310. The van der Waals surface area contributed by atoms with Gasteiger partial charge < -0.3 is 15.5 Å². The summed E-state index contributed by atoms with van der Waals surface area (Å²) in [5.41, 5.74) is 10.0. The molecule has 2 aromatic carbocycles. The largest absolute Gasteiger partial charge is 0.377 e. The minimum atomic E-state index is -0.522. The van der Waals surface area contributed by atoms with Crippen LogP contribution in [0.2, 0.25) is 5.02 Å². The van der Waals surface area contributed by atoms with Crippen LogP contribution < -0.4 is 16.7 Å². The van der Waals surface area contributed by atoms with Gasteiger partial charge in [0.15, 0.2) is 5.82 Å². The van der Waals surface area contributed by atoms with Crippen LogP contribution in [0.4, 0.5) is 4.39 Å². The number of aryl methyl sites for hydroxylation is 1. The van der Waals surface area contributed by atoms with Crippen LogP contribution in [0.15, 0.2) is 59.7 Å². The minimum Gasteiger partial charge on any atom is -0.377 e. The zero-order valence-corrected chi connectivity index (χ0v) is 23.2. The summed E-state index contributed by atoms with van der Waals surface area (Å²) in [6.07, 6.45) is 5.85. The van der Waals surface area contributed by atoms with E-state index in [1.807, 2.05) is 31.2 Å². The average molecular weight is 577 g/mol. The third-order valence-electron chi connectivity index (χ3n) is 7.35. The van der Waals surface area contributed by atoms with Crippen molar-refractivity contribution in [3.05, 3.63) is 93.0 Å². The maximum Gasteiger partial charge on any atom is 0.354 e. The topological polar surface area (TPSA) is 140 Å². The van der Waals surface area contributed by atoms with Crippen molar-refractivity contribution in [3.63, 3.8) is 0 Å². The Kier molecular flexibility index (Phi) is 7.67. The van der Waals surface area contributed by atoms with Gasteiger partial charge in [-0.25, -0.2) is 9.18 Å². The molecule has 4 heterocycles. The van der Waals surface area contributed by atoms with E-state index in [0.29, 0.717) is 41.2 Å². The third kappa shape index (κ3) is 5.80. The number of rotatable bonds is 8. The van der Waals surface area contributed by atoms with Crippen LogP contribution in [0, 0.1) is 5.82 Å². The Morgan fingerprint density at radius 2 is 2.00 bits per heavy atom. The number of morpholine rings is 1. The van der Waals surface area contributed by atoms with Gasteiger partial charge >= 0.3 is 5.69 Å². The number of nitrogens with two attached hydrogens (primary N) is 1. The summed E-state index contributed by atoms with van der Waals surface area (Å²) in [5, 5.41) is 14.9. The first kappa shape index (κ1) is 27.3. The third-order valence-corrected chi connectivity index (χ3v) is 7.62. The van der Waals surface area contributed by atoms with Gasteiger partial charge in [0.05, 0.1) is 47.9 Å². The molecule has 1 aliphatic heterocycles. The number of nitrogens with zero attached hydrogens (tertiary/aromatic N) is 4. The van der Waals surface area contributed by atoms with E-state index in [9.17, 15) is 4.79 Å². The van der Waals surface area contributed by atoms with E-state index >= 15 is 4.39 Å². The summed E-state index contributed by atoms with van der Waals surface area (Å²) in [6, 6.07) is 12.8. The molecule has 5 aromatic rings. The molecule has 1 fully saturated rings. The summed E-state index contributed by atoms with van der Waals surface area (Å²) in [4.78, 5) is 20.3. The molecule has 6 rings (SSSR count). The summed E-state index contributed by atoms with van der Waals surface area (Å²) < 4.78 is 22.3. The van der Waals surface area contributed by atoms with Crippen LogP contribution in [0.1, 0.15) is 48.7 Å². The maximum atomic E-state index is 15.1. The number of aromatic amines is 2. The predicted molar refractivity (Wildman–Crippen MR) is 155 cm³/mol. The first-order chi connectivity index (χ1) is 19.9. The molecule has 212 valence electrons. The highest BCUT2D eigenvalue weighted by Crippen LogP contribution is 2.31. The normalized spacial score (nSPS) is 18.1. The number of hydrogen-bond donors (Lipinski definition) is 4. The first-order valence-electron chi connectivity index (χ1n) is 13.5. The van der Waals surface area contributed by atoms with Gasteiger partial charge in [-0.3, -0.25) is 9.88 Å². The molecule has 0 amide bonds. The number of benzene rings is 2. The average Bonchev–Trinajstić information content (AvgIpc) is 3.65. The molecule has 1 aliphatic rings. The van der Waals surface area contributed by atoms with Crippen molar-refractivity contribution < 1.29 is 9.13 Å². The fourth-order valence-electron chi connectivity index (χ4n) is 5.19. The van der Waals surface area contributed by atoms with Gasteiger partial charge in [0.1, 0.15) is 11.3 Å². The van der Waals surface area contributed by atoms with E-state index < -0.39 is 11.5 Å². The SMILES string of the molecule is C[C@H](N)CCCc1cc(Cl)c(F)c(-c2cc3cn(-c4ccc([C@H]5COC[C@@H](c6cn[nH]n6)N5)cc4)c(=O)nc3[nH]2)c1. The zero-order valence-electron chi connectivity index (χ0n) is 22.4. The van der Waals surface area contributed by atoms with Crippen molar-refractivity contribution in [1.82, 2.24) is 35.3 Å². The van der Waals surface area contributed by atoms with Gasteiger partial charge in [0.2, 0.25) is 0 Å². The number of aromatic nitrogens is 6. The lowest BCUT2D eigenvalue weighted by molar-refractivity contribution is 0.0436. The molecule has 0 spiro atoms. The second-order valence-electron chi connectivity index (χ2n) is 10.5. The van der Waals surface area contributed by atoms with Crippen LogP contribution in [0.3, 0.4) is 0 Å². The van der Waals surface area contributed by atoms with Crippen LogP contribution in [-0.4, -0.2) is 49.2 Å². The molecule has 41 heavy (non-hydrogen) atoms. The van der Waals surface area contributed by atoms with E-state index in [1.165, 1.54) is 4.57 Å². The molecule has 5 N–H and O–H groups in total. The molecule has 0 radical (unpaired) electrons. The smallest absolute Gasteiger partial charge is 0.354 e. The second kappa shape index (κ2) is 11.5. The Balaban J connectivity index is 1.25. The van der Waals surface area contributed by atoms with E-state index in [0.717, 1.165) is 36.1 Å². The van der Waals surface area contributed by atoms with Crippen molar-refractivity contribution in [1.29, 1.82) is 0 Å². The van der Waals surface area contributed by atoms with Crippen LogP contribution in [0.25, 0.3) is 28.0 Å². The van der Waals surface area contributed by atoms with Crippen molar-refractivity contribution in [2.24, 2.45) is 5.73 Å². The molecule has 0 unspecified atom stereocenters. The van der Waals surface area contributed by atoms with E-state index in [2.05, 4.69) is 30.7 Å². The number of nitrogens with one attached hydrogen (secondary N) is 3. The van der Waals surface area contributed by atoms with E-state index in [4.69, 9.17) is 22.1 Å². The molecule has 0 bridgehead atoms. The lowest BCUT2D eigenvalue weighted by Crippen LogP contribution is -2.38. The number of fused-ring (bicyclic) bond motifs is 1. The lowest BCUT2D eigenvalue weighted by Gasteiger charge is -2.30. The van der Waals surface area contributed by atoms with E-state index in [1.54, 1.807) is 30.6 Å². The fourth-order valence-corrected chi connectivity index (χ4v) is 5.43. The summed E-state index contributed by atoms with van der Waals surface area (Å²) in [7, 11) is 0. The van der Waals surface area contributed by atoms with Gasteiger partial charge in [0.25, 0.3) is 0 Å². The summed E-state index contributed by atoms with van der Waals surface area (Å²) in [6.45, 7) is 2.99. The van der Waals surface area contributed by atoms with Crippen molar-refractivity contribution in [2.45, 2.75) is 44.3 Å². The van der Waals surface area contributed by atoms with Crippen LogP contribution in [0.5, 0.6) is 0 Å². The number of H-pyrrole nitrogens is 2. The Morgan fingerprint density at radius 3 is 2.76 bits per heavy atom. The molecule has 12 heteroatoms. The molecule has 1 saturated heterocycles. The van der Waals surface area contributed by atoms with Gasteiger partial charge in [0, 0.05) is 23.2 Å². The monoisotopic (exact) mass is 576 g/mol. The molecule has 10 nitrogen and oxygen atoms in total. The molecule has 3 aromatic heterocycles. The number of ether oxygens (including phenoxy) is 1. The molecular weight excluding hydrogens is 547 g/mol. The second-order valence-corrected chi connectivity index (χ2v) is 10.9. The quantitative estimate of drug-likeness (QED) is 0.215. The Hall–Kier alpha value is -3.90. The molecule has 0 saturated carbocycles. The van der Waals surface area contributed by atoms with Crippen molar-refractivity contribution in [3.8, 4) is 16.9 Å². The van der Waals surface area contributed by atoms with Gasteiger partial charge in [-0.15, -0.1) is 0 Å². The van der Waals surface area contributed by atoms with Crippen LogP contribution >= 0.6 is 11.6 Å². The predicted octanol–water partition coefficient (Wildman–Crippen LogP) is 4.36. The highest BCUT2D eigenvalue weighted by molar-refractivity contribution is 6.31. The highest BCUT2D eigenvalue weighted by Gasteiger charge is 2.25. The molecular formula is C29H30ClFN8O2. The Bertz CT molecular complexity index is 1720. The maximum absolute atomic E-state index is 15.1. The number of hydrogen-bond acceptors (Lipinski definition) is 7. The van der Waals surface area contributed by atoms with Crippen molar-refractivity contribution >= 4 is 22.6 Å². The minimum absolute atomic E-state index is 0.0414. The zero-order chi connectivity index (χ0) is 28.5.